The Kier molecular flexibility index (Phi) is 4.65. The van der Waals surface area contributed by atoms with E-state index in [-0.39, 0.29) is 5.56 Å². The van der Waals surface area contributed by atoms with Crippen molar-refractivity contribution in [1.29, 1.82) is 0 Å². The van der Waals surface area contributed by atoms with Gasteiger partial charge in [-0.1, -0.05) is 17.7 Å². The smallest absolute Gasteiger partial charge is 0.336 e. The highest BCUT2D eigenvalue weighted by atomic mass is 35.5. The molecule has 0 saturated carbocycles. The molecule has 0 aliphatic rings. The van der Waals surface area contributed by atoms with Crippen LogP contribution in [0.4, 0.5) is 5.82 Å². The van der Waals surface area contributed by atoms with Crippen molar-refractivity contribution in [3.8, 4) is 22.8 Å². The number of carboxylic acid groups (broad SMARTS) is 1. The van der Waals surface area contributed by atoms with Gasteiger partial charge in [-0.05, 0) is 54.6 Å². The maximum atomic E-state index is 11.6. The maximum absolute atomic E-state index is 11.6. The molecule has 7 nitrogen and oxygen atoms in total. The molecule has 4 aromatic heterocycles. The topological polar surface area (TPSA) is 93.2 Å². The number of hydrogen-bond donors (Lipinski definition) is 1. The molecule has 1 N–H and O–H groups in total. The highest BCUT2D eigenvalue weighted by Gasteiger charge is 2.17. The van der Waals surface area contributed by atoms with E-state index in [2.05, 4.69) is 9.98 Å². The summed E-state index contributed by atoms with van der Waals surface area (Å²) in [5.41, 5.74) is 1.83. The molecule has 0 aliphatic heterocycles. The Bertz CT molecular complexity index is 1430. The average molecular weight is 432 g/mol. The molecule has 0 spiro atoms. The van der Waals surface area contributed by atoms with Gasteiger partial charge >= 0.3 is 5.97 Å². The number of rotatable bonds is 5. The number of fused-ring (bicyclic) bond motifs is 1. The van der Waals surface area contributed by atoms with Gasteiger partial charge in [0, 0.05) is 16.8 Å². The second-order valence-electron chi connectivity index (χ2n) is 6.65. The zero-order valence-corrected chi connectivity index (χ0v) is 16.7. The van der Waals surface area contributed by atoms with Crippen LogP contribution in [-0.2, 0) is 0 Å². The van der Waals surface area contributed by atoms with Gasteiger partial charge in [0.05, 0.1) is 18.0 Å². The zero-order valence-electron chi connectivity index (χ0n) is 15.9. The molecule has 0 amide bonds. The molecule has 0 saturated heterocycles. The lowest BCUT2D eigenvalue weighted by Crippen LogP contribution is -1.98. The van der Waals surface area contributed by atoms with E-state index in [1.807, 2.05) is 34.9 Å². The van der Waals surface area contributed by atoms with Crippen LogP contribution >= 0.6 is 11.6 Å². The van der Waals surface area contributed by atoms with Gasteiger partial charge in [0.2, 0.25) is 0 Å². The number of hydrogen-bond acceptors (Lipinski definition) is 5. The molecule has 4 heterocycles. The molecule has 0 radical (unpaired) electrons. The lowest BCUT2D eigenvalue weighted by atomic mass is 10.1. The zero-order chi connectivity index (χ0) is 21.4. The average Bonchev–Trinajstić information content (AvgIpc) is 3.51. The number of carbonyl (C=O) groups is 1. The first-order valence-corrected chi connectivity index (χ1v) is 9.66. The summed E-state index contributed by atoms with van der Waals surface area (Å²) in [6.07, 6.45) is 5.00. The predicted molar refractivity (Wildman–Crippen MR) is 116 cm³/mol. The number of aliphatic imine (C=N–C) groups is 1. The van der Waals surface area contributed by atoms with E-state index in [1.165, 1.54) is 6.07 Å². The van der Waals surface area contributed by atoms with E-state index in [4.69, 9.17) is 20.4 Å². The van der Waals surface area contributed by atoms with Crippen LogP contribution in [0, 0.1) is 0 Å². The molecule has 0 unspecified atom stereocenters. The summed E-state index contributed by atoms with van der Waals surface area (Å²) >= 11 is 5.93. The molecule has 0 aliphatic carbocycles. The number of halogens is 1. The fourth-order valence-electron chi connectivity index (χ4n) is 3.28. The number of furan rings is 2. The van der Waals surface area contributed by atoms with Crippen LogP contribution in [0.3, 0.4) is 0 Å². The minimum Gasteiger partial charge on any atom is -0.478 e. The van der Waals surface area contributed by atoms with E-state index >= 15 is 0 Å². The number of nitrogens with zero attached hydrogens (tertiary/aromatic N) is 3. The van der Waals surface area contributed by atoms with Gasteiger partial charge in [-0.25, -0.2) is 14.8 Å². The Hall–Kier alpha value is -4.10. The number of benzene rings is 1. The van der Waals surface area contributed by atoms with Crippen molar-refractivity contribution in [2.45, 2.75) is 0 Å². The quantitative estimate of drug-likeness (QED) is 0.347. The fraction of sp³-hybridized carbons (Fsp3) is 0. The van der Waals surface area contributed by atoms with Crippen LogP contribution in [0.5, 0.6) is 0 Å². The molecule has 5 rings (SSSR count). The molecule has 1 aromatic carbocycles. The third kappa shape index (κ3) is 3.51. The van der Waals surface area contributed by atoms with E-state index in [9.17, 15) is 9.90 Å². The van der Waals surface area contributed by atoms with Gasteiger partial charge in [0.1, 0.15) is 17.2 Å². The molecule has 0 bridgehead atoms. The number of pyridine rings is 1. The summed E-state index contributed by atoms with van der Waals surface area (Å²) in [5.74, 6) is 0.958. The third-order valence-electron chi connectivity index (χ3n) is 4.68. The highest BCUT2D eigenvalue weighted by molar-refractivity contribution is 6.31. The normalized spacial score (nSPS) is 11.5. The summed E-state index contributed by atoms with van der Waals surface area (Å²) in [5, 5.41) is 9.80. The molecule has 31 heavy (non-hydrogen) atoms. The third-order valence-corrected chi connectivity index (χ3v) is 4.91. The first-order valence-electron chi connectivity index (χ1n) is 9.28. The van der Waals surface area contributed by atoms with Crippen LogP contribution in [0.15, 0.2) is 87.0 Å². The molecule has 8 heteroatoms. The Morgan fingerprint density at radius 2 is 2.00 bits per heavy atom. The Morgan fingerprint density at radius 3 is 2.81 bits per heavy atom. The molecule has 0 atom stereocenters. The first kappa shape index (κ1) is 18.9. The van der Waals surface area contributed by atoms with Crippen molar-refractivity contribution in [1.82, 2.24) is 9.38 Å². The second kappa shape index (κ2) is 7.62. The van der Waals surface area contributed by atoms with E-state index < -0.39 is 5.97 Å². The van der Waals surface area contributed by atoms with Crippen molar-refractivity contribution >= 4 is 35.2 Å². The van der Waals surface area contributed by atoms with Crippen molar-refractivity contribution in [3.63, 3.8) is 0 Å². The van der Waals surface area contributed by atoms with E-state index in [0.29, 0.717) is 39.4 Å². The van der Waals surface area contributed by atoms with Crippen molar-refractivity contribution in [3.05, 3.63) is 89.5 Å². The minimum absolute atomic E-state index is 0.0622. The largest absolute Gasteiger partial charge is 0.478 e. The SMILES string of the molecule is O=C(O)c1cc(Cl)ccc1-c1ccc(/C=N/c2c(-c3ccco3)nc3ccccn23)o1. The van der Waals surface area contributed by atoms with Gasteiger partial charge in [0.15, 0.2) is 17.3 Å². The molecule has 0 fully saturated rings. The van der Waals surface area contributed by atoms with Crippen LogP contribution in [0.2, 0.25) is 5.02 Å². The van der Waals surface area contributed by atoms with E-state index in [1.54, 1.807) is 42.8 Å². The molecule has 5 aromatic rings. The fourth-order valence-corrected chi connectivity index (χ4v) is 3.46. The standard InChI is InChI=1S/C23H14ClN3O4/c24-14-6-8-16(17(12-14)23(28)29)18-9-7-15(31-18)13-25-22-21(19-4-3-11-30-19)26-20-5-1-2-10-27(20)22/h1-13H,(H,28,29)/b25-13+. The second-order valence-corrected chi connectivity index (χ2v) is 7.08. The summed E-state index contributed by atoms with van der Waals surface area (Å²) in [6, 6.07) is 17.3. The van der Waals surface area contributed by atoms with Gasteiger partial charge in [-0.3, -0.25) is 4.40 Å². The van der Waals surface area contributed by atoms with E-state index in [0.717, 1.165) is 5.65 Å². The van der Waals surface area contributed by atoms with Gasteiger partial charge in [-0.15, -0.1) is 0 Å². The first-order chi connectivity index (χ1) is 15.1. The van der Waals surface area contributed by atoms with Crippen LogP contribution < -0.4 is 0 Å². The minimum atomic E-state index is -1.09. The van der Waals surface area contributed by atoms with Gasteiger partial charge in [-0.2, -0.15) is 0 Å². The molecule has 152 valence electrons. The molecular formula is C23H14ClN3O4. The monoisotopic (exact) mass is 431 g/mol. The summed E-state index contributed by atoms with van der Waals surface area (Å²) in [4.78, 5) is 20.8. The molecular weight excluding hydrogens is 418 g/mol. The van der Waals surface area contributed by atoms with Gasteiger partial charge in [0.25, 0.3) is 0 Å². The van der Waals surface area contributed by atoms with Crippen molar-refractivity contribution in [2.24, 2.45) is 4.99 Å². The number of carboxylic acids is 1. The Morgan fingerprint density at radius 1 is 1.10 bits per heavy atom. The number of aromatic nitrogens is 2. The van der Waals surface area contributed by atoms with Crippen molar-refractivity contribution < 1.29 is 18.7 Å². The van der Waals surface area contributed by atoms with Crippen molar-refractivity contribution in [2.75, 3.05) is 0 Å². The number of aromatic carboxylic acids is 1. The van der Waals surface area contributed by atoms with Gasteiger partial charge < -0.3 is 13.9 Å². The van der Waals surface area contributed by atoms with Crippen LogP contribution in [0.1, 0.15) is 16.1 Å². The lowest BCUT2D eigenvalue weighted by molar-refractivity contribution is 0.0697. The highest BCUT2D eigenvalue weighted by Crippen LogP contribution is 2.32. The Balaban J connectivity index is 1.54. The Labute approximate surface area is 180 Å². The number of imidazole rings is 1. The lowest BCUT2D eigenvalue weighted by Gasteiger charge is -2.03. The summed E-state index contributed by atoms with van der Waals surface area (Å²) < 4.78 is 13.2. The summed E-state index contributed by atoms with van der Waals surface area (Å²) in [7, 11) is 0. The summed E-state index contributed by atoms with van der Waals surface area (Å²) in [6.45, 7) is 0. The maximum Gasteiger partial charge on any atom is 0.336 e. The predicted octanol–water partition coefficient (Wildman–Crippen LogP) is 5.96. The van der Waals surface area contributed by atoms with Crippen LogP contribution in [-0.4, -0.2) is 26.7 Å². The van der Waals surface area contributed by atoms with Crippen LogP contribution in [0.25, 0.3) is 28.4 Å².